The maximum Gasteiger partial charge on any atom is 0.300 e. The molecule has 1 amide bonds. The van der Waals surface area contributed by atoms with Gasteiger partial charge in [-0.15, -0.1) is 0 Å². The lowest BCUT2D eigenvalue weighted by Crippen LogP contribution is -2.30. The van der Waals surface area contributed by atoms with Crippen molar-refractivity contribution in [1.29, 1.82) is 0 Å². The molecule has 4 rings (SSSR count). The highest BCUT2D eigenvalue weighted by Gasteiger charge is 2.47. The number of aliphatic hydroxyl groups excluding tert-OH is 1. The van der Waals surface area contributed by atoms with Crippen LogP contribution in [-0.4, -0.2) is 31.0 Å². The number of benzene rings is 3. The van der Waals surface area contributed by atoms with E-state index in [1.54, 1.807) is 38.5 Å². The highest BCUT2D eigenvalue weighted by molar-refractivity contribution is 6.51. The largest absolute Gasteiger partial charge is 0.507 e. The van der Waals surface area contributed by atoms with Crippen LogP contribution in [0.5, 0.6) is 11.5 Å². The molecular formula is C31H33NO5. The van der Waals surface area contributed by atoms with Crippen LogP contribution < -0.4 is 14.4 Å². The zero-order valence-corrected chi connectivity index (χ0v) is 22.4. The fraction of sp³-hybridized carbons (Fsp3) is 0.290. The first-order chi connectivity index (χ1) is 17.5. The lowest BCUT2D eigenvalue weighted by Gasteiger charge is -2.27. The summed E-state index contributed by atoms with van der Waals surface area (Å²) < 4.78 is 10.9. The van der Waals surface area contributed by atoms with Gasteiger partial charge in [-0.1, -0.05) is 45.0 Å². The fourth-order valence-corrected chi connectivity index (χ4v) is 4.78. The van der Waals surface area contributed by atoms with Gasteiger partial charge in [0.25, 0.3) is 11.7 Å². The van der Waals surface area contributed by atoms with E-state index in [0.717, 1.165) is 16.7 Å². The number of ketones is 1. The van der Waals surface area contributed by atoms with Gasteiger partial charge in [0.2, 0.25) is 0 Å². The fourth-order valence-electron chi connectivity index (χ4n) is 4.78. The number of anilines is 1. The Kier molecular flexibility index (Phi) is 6.87. The molecule has 0 saturated carbocycles. The van der Waals surface area contributed by atoms with E-state index in [1.165, 1.54) is 4.90 Å². The van der Waals surface area contributed by atoms with Crippen molar-refractivity contribution in [3.63, 3.8) is 0 Å². The van der Waals surface area contributed by atoms with Crippen LogP contribution in [0.15, 0.2) is 66.2 Å². The van der Waals surface area contributed by atoms with E-state index in [1.807, 2.05) is 71.0 Å². The first-order valence-electron chi connectivity index (χ1n) is 12.2. The van der Waals surface area contributed by atoms with Crippen LogP contribution in [0.2, 0.25) is 0 Å². The Morgan fingerprint density at radius 3 is 2.19 bits per heavy atom. The number of methoxy groups -OCH3 is 2. The molecule has 0 aliphatic carbocycles. The minimum absolute atomic E-state index is 0.0427. The van der Waals surface area contributed by atoms with Crippen molar-refractivity contribution in [1.82, 2.24) is 0 Å². The van der Waals surface area contributed by atoms with E-state index in [9.17, 15) is 14.7 Å². The maximum atomic E-state index is 13.6. The van der Waals surface area contributed by atoms with E-state index in [-0.39, 0.29) is 16.7 Å². The van der Waals surface area contributed by atoms with Crippen molar-refractivity contribution in [3.8, 4) is 11.5 Å². The van der Waals surface area contributed by atoms with Crippen LogP contribution in [0, 0.1) is 13.8 Å². The Morgan fingerprint density at radius 1 is 0.919 bits per heavy atom. The highest BCUT2D eigenvalue weighted by atomic mass is 16.5. The molecular weight excluding hydrogens is 466 g/mol. The van der Waals surface area contributed by atoms with Crippen LogP contribution in [-0.2, 0) is 15.0 Å². The molecule has 3 aromatic carbocycles. The Hall–Kier alpha value is -4.06. The molecule has 1 N–H and O–H groups in total. The molecule has 0 spiro atoms. The second-order valence-electron chi connectivity index (χ2n) is 10.3. The van der Waals surface area contributed by atoms with Crippen LogP contribution >= 0.6 is 0 Å². The Bertz CT molecular complexity index is 1400. The molecule has 1 aliphatic rings. The van der Waals surface area contributed by atoms with Crippen molar-refractivity contribution in [2.75, 3.05) is 19.1 Å². The van der Waals surface area contributed by atoms with E-state index in [0.29, 0.717) is 28.3 Å². The summed E-state index contributed by atoms with van der Waals surface area (Å²) in [5, 5.41) is 11.6. The summed E-state index contributed by atoms with van der Waals surface area (Å²) in [5.41, 5.74) is 4.30. The summed E-state index contributed by atoms with van der Waals surface area (Å²) in [7, 11) is 3.18. The summed E-state index contributed by atoms with van der Waals surface area (Å²) in [4.78, 5) is 28.6. The average Bonchev–Trinajstić information content (AvgIpc) is 3.14. The normalized spacial score (nSPS) is 17.3. The molecule has 0 aromatic heterocycles. The zero-order chi connectivity index (χ0) is 27.1. The average molecular weight is 500 g/mol. The smallest absolute Gasteiger partial charge is 0.300 e. The maximum absolute atomic E-state index is 13.6. The molecule has 1 saturated heterocycles. The summed E-state index contributed by atoms with van der Waals surface area (Å²) in [6, 6.07) is 17.3. The summed E-state index contributed by atoms with van der Waals surface area (Å²) >= 11 is 0. The first-order valence-corrected chi connectivity index (χ1v) is 12.2. The number of hydrogen-bond acceptors (Lipinski definition) is 5. The van der Waals surface area contributed by atoms with Gasteiger partial charge in [0, 0.05) is 16.8 Å². The monoisotopic (exact) mass is 499 g/mol. The van der Waals surface area contributed by atoms with Gasteiger partial charge in [-0.05, 0) is 72.4 Å². The quantitative estimate of drug-likeness (QED) is 0.255. The standard InChI is InChI=1S/C31H33NO5/c1-18-9-8-10-24(19(18)2)32-27(20-11-14-22(36-6)15-12-20)26(29(34)30(32)35)28(33)21-13-16-25(37-7)23(17-21)31(3,4)5/h8-17,27,33H,1-7H3/b28-26-. The van der Waals surface area contributed by atoms with Gasteiger partial charge < -0.3 is 14.6 Å². The molecule has 1 unspecified atom stereocenters. The van der Waals surface area contributed by atoms with Gasteiger partial charge in [-0.2, -0.15) is 0 Å². The van der Waals surface area contributed by atoms with Gasteiger partial charge in [-0.3, -0.25) is 14.5 Å². The molecule has 1 aliphatic heterocycles. The number of ether oxygens (including phenoxy) is 2. The van der Waals surface area contributed by atoms with Crippen LogP contribution in [0.3, 0.4) is 0 Å². The Balaban J connectivity index is 1.98. The van der Waals surface area contributed by atoms with Gasteiger partial charge in [-0.25, -0.2) is 0 Å². The third-order valence-corrected chi connectivity index (χ3v) is 6.99. The van der Waals surface area contributed by atoms with Crippen molar-refractivity contribution >= 4 is 23.1 Å². The van der Waals surface area contributed by atoms with Crippen molar-refractivity contribution < 1.29 is 24.2 Å². The molecule has 6 heteroatoms. The molecule has 37 heavy (non-hydrogen) atoms. The summed E-state index contributed by atoms with van der Waals surface area (Å²) in [5.74, 6) is -0.294. The van der Waals surface area contributed by atoms with Gasteiger partial charge in [0.1, 0.15) is 17.3 Å². The molecule has 0 bridgehead atoms. The van der Waals surface area contributed by atoms with Crippen molar-refractivity contribution in [3.05, 3.63) is 94.1 Å². The third kappa shape index (κ3) is 4.59. The number of carbonyl (C=O) groups is 2. The van der Waals surface area contributed by atoms with Gasteiger partial charge >= 0.3 is 0 Å². The molecule has 1 heterocycles. The van der Waals surface area contributed by atoms with Crippen LogP contribution in [0.1, 0.15) is 54.6 Å². The number of aliphatic hydroxyl groups is 1. The van der Waals surface area contributed by atoms with Crippen molar-refractivity contribution in [2.24, 2.45) is 0 Å². The molecule has 0 radical (unpaired) electrons. The number of hydrogen-bond donors (Lipinski definition) is 1. The van der Waals surface area contributed by atoms with Crippen molar-refractivity contribution in [2.45, 2.75) is 46.1 Å². The minimum atomic E-state index is -0.813. The number of carbonyl (C=O) groups excluding carboxylic acids is 2. The molecule has 1 atom stereocenters. The Morgan fingerprint density at radius 2 is 1.59 bits per heavy atom. The SMILES string of the molecule is COc1ccc(C2/C(=C(/O)c3ccc(OC)c(C(C)(C)C)c3)C(=O)C(=O)N2c2cccc(C)c2C)cc1. The highest BCUT2D eigenvalue weighted by Crippen LogP contribution is 2.44. The topological polar surface area (TPSA) is 76.1 Å². The Labute approximate surface area is 218 Å². The van der Waals surface area contributed by atoms with E-state index >= 15 is 0 Å². The number of nitrogens with zero attached hydrogens (tertiary/aromatic N) is 1. The van der Waals surface area contributed by atoms with E-state index in [2.05, 4.69) is 0 Å². The van der Waals surface area contributed by atoms with Gasteiger partial charge in [0.15, 0.2) is 0 Å². The number of Topliss-reactive ketones (excluding diaryl/α,β-unsaturated/α-hetero) is 1. The first kappa shape index (κ1) is 26.0. The molecule has 192 valence electrons. The van der Waals surface area contributed by atoms with E-state index in [4.69, 9.17) is 9.47 Å². The van der Waals surface area contributed by atoms with Crippen LogP contribution in [0.4, 0.5) is 5.69 Å². The lowest BCUT2D eigenvalue weighted by molar-refractivity contribution is -0.132. The third-order valence-electron chi connectivity index (χ3n) is 6.99. The number of aryl methyl sites for hydroxylation is 1. The summed E-state index contributed by atoms with van der Waals surface area (Å²) in [6.07, 6.45) is 0. The molecule has 6 nitrogen and oxygen atoms in total. The van der Waals surface area contributed by atoms with Crippen LogP contribution in [0.25, 0.3) is 5.76 Å². The number of rotatable bonds is 5. The van der Waals surface area contributed by atoms with E-state index < -0.39 is 17.7 Å². The second kappa shape index (κ2) is 9.77. The predicted molar refractivity (Wildman–Crippen MR) is 145 cm³/mol. The molecule has 3 aromatic rings. The summed E-state index contributed by atoms with van der Waals surface area (Å²) in [6.45, 7) is 10.0. The zero-order valence-electron chi connectivity index (χ0n) is 22.4. The predicted octanol–water partition coefficient (Wildman–Crippen LogP) is 6.24. The number of amides is 1. The van der Waals surface area contributed by atoms with Gasteiger partial charge in [0.05, 0.1) is 25.8 Å². The molecule has 1 fully saturated rings. The lowest BCUT2D eigenvalue weighted by atomic mass is 9.84. The minimum Gasteiger partial charge on any atom is -0.507 e. The second-order valence-corrected chi connectivity index (χ2v) is 10.3.